The van der Waals surface area contributed by atoms with E-state index in [0.29, 0.717) is 0 Å². The Morgan fingerprint density at radius 3 is 1.72 bits per heavy atom. The zero-order valence-corrected chi connectivity index (χ0v) is 30.0. The molecule has 2 nitrogen and oxygen atoms in total. The molecule has 0 bridgehead atoms. The number of fused-ring (bicyclic) bond motifs is 13. The third-order valence-corrected chi connectivity index (χ3v) is 13.3. The lowest BCUT2D eigenvalue weighted by atomic mass is 9.98. The smallest absolute Gasteiger partial charge is 0.156 e. The zero-order valence-electron chi connectivity index (χ0n) is 28.4. The molecular formula is C49H28N2S2. The Morgan fingerprint density at radius 1 is 0.377 bits per heavy atom. The number of imidazole rings is 1. The summed E-state index contributed by atoms with van der Waals surface area (Å²) in [6, 6.07) is 62.5. The number of rotatable bonds is 3. The maximum absolute atomic E-state index is 5.46. The molecule has 53 heavy (non-hydrogen) atoms. The maximum Gasteiger partial charge on any atom is 0.156 e. The zero-order chi connectivity index (χ0) is 34.6. The fourth-order valence-electron chi connectivity index (χ4n) is 8.33. The van der Waals surface area contributed by atoms with Crippen LogP contribution in [0.2, 0.25) is 0 Å². The van der Waals surface area contributed by atoms with Crippen LogP contribution in [0.1, 0.15) is 0 Å². The van der Waals surface area contributed by atoms with E-state index in [1.54, 1.807) is 0 Å². The lowest BCUT2D eigenvalue weighted by Gasteiger charge is -2.11. The van der Waals surface area contributed by atoms with Gasteiger partial charge < -0.3 is 0 Å². The summed E-state index contributed by atoms with van der Waals surface area (Å²) in [7, 11) is 0. The number of benzene rings is 8. The van der Waals surface area contributed by atoms with E-state index in [0.717, 1.165) is 22.4 Å². The van der Waals surface area contributed by atoms with E-state index in [1.807, 2.05) is 22.7 Å². The van der Waals surface area contributed by atoms with Gasteiger partial charge in [0.2, 0.25) is 0 Å². The molecule has 12 rings (SSSR count). The van der Waals surface area contributed by atoms with Crippen molar-refractivity contribution in [2.45, 2.75) is 0 Å². The number of pyridine rings is 1. The summed E-state index contributed by atoms with van der Waals surface area (Å²) in [5.74, 6) is 0. The molecular weight excluding hydrogens is 681 g/mol. The van der Waals surface area contributed by atoms with Gasteiger partial charge in [0.25, 0.3) is 0 Å². The molecule has 0 aliphatic rings. The Hall–Kier alpha value is -6.33. The molecule has 0 fully saturated rings. The molecule has 0 saturated carbocycles. The summed E-state index contributed by atoms with van der Waals surface area (Å²) >= 11 is 3.70. The minimum atomic E-state index is 1.02. The number of nitrogens with zero attached hydrogens (tertiary/aromatic N) is 2. The molecule has 0 N–H and O–H groups in total. The van der Waals surface area contributed by atoms with E-state index in [1.165, 1.54) is 89.7 Å². The summed E-state index contributed by atoms with van der Waals surface area (Å²) < 4.78 is 7.57. The van der Waals surface area contributed by atoms with Crippen molar-refractivity contribution in [1.82, 2.24) is 9.38 Å². The van der Waals surface area contributed by atoms with Gasteiger partial charge in [-0.15, -0.1) is 22.7 Å². The first kappa shape index (κ1) is 29.3. The quantitative estimate of drug-likeness (QED) is 0.167. The molecule has 0 atom stereocenters. The first-order valence-corrected chi connectivity index (χ1v) is 19.6. The second kappa shape index (κ2) is 11.1. The topological polar surface area (TPSA) is 17.3 Å². The van der Waals surface area contributed by atoms with Crippen LogP contribution < -0.4 is 0 Å². The predicted molar refractivity (Wildman–Crippen MR) is 230 cm³/mol. The fraction of sp³-hybridized carbons (Fsp3) is 0. The molecule has 12 aromatic rings. The number of aromatic nitrogens is 2. The van der Waals surface area contributed by atoms with Crippen molar-refractivity contribution in [2.75, 3.05) is 0 Å². The van der Waals surface area contributed by atoms with Crippen molar-refractivity contribution in [2.24, 2.45) is 0 Å². The highest BCUT2D eigenvalue weighted by molar-refractivity contribution is 7.26. The van der Waals surface area contributed by atoms with E-state index >= 15 is 0 Å². The molecule has 0 aliphatic heterocycles. The maximum atomic E-state index is 5.46. The van der Waals surface area contributed by atoms with Crippen LogP contribution in [-0.4, -0.2) is 9.38 Å². The van der Waals surface area contributed by atoms with Crippen LogP contribution in [0.5, 0.6) is 0 Å². The van der Waals surface area contributed by atoms with Gasteiger partial charge in [-0.05, 0) is 92.5 Å². The highest BCUT2D eigenvalue weighted by Crippen LogP contribution is 2.42. The standard InChI is InChI=1S/C49H28N2S2/c1-2-8-34-26-39-36(25-33(34)7-1)21-23-42-47(39)50-49-48-41(38-10-4-6-12-45(38)53-48)28-43(51(42)49)32-19-17-30(18-20-32)29-13-15-31(16-14-29)35-22-24-46-40(27-35)37-9-3-5-11-44(37)52-46/h1-28H. The van der Waals surface area contributed by atoms with E-state index in [-0.39, 0.29) is 0 Å². The van der Waals surface area contributed by atoms with Crippen molar-refractivity contribution in [1.29, 1.82) is 0 Å². The molecule has 4 heteroatoms. The third kappa shape index (κ3) is 4.40. The van der Waals surface area contributed by atoms with Crippen LogP contribution in [-0.2, 0) is 0 Å². The average molecular weight is 709 g/mol. The second-order valence-electron chi connectivity index (χ2n) is 14.0. The SMILES string of the molecule is c1ccc2cc3c(ccc4c3nc3c5sc6ccccc6c5cc(-c5ccc(-c6ccc(-c7ccc8sc9ccccc9c8c7)cc6)cc5)n43)cc2c1. The van der Waals surface area contributed by atoms with Crippen LogP contribution in [0.15, 0.2) is 170 Å². The largest absolute Gasteiger partial charge is 0.291 e. The van der Waals surface area contributed by atoms with Gasteiger partial charge in [-0.3, -0.25) is 4.40 Å². The van der Waals surface area contributed by atoms with Crippen molar-refractivity contribution in [3.05, 3.63) is 170 Å². The Bertz CT molecular complexity index is 3440. The minimum Gasteiger partial charge on any atom is -0.291 e. The summed E-state index contributed by atoms with van der Waals surface area (Å²) in [5, 5.41) is 10.1. The van der Waals surface area contributed by atoms with Crippen LogP contribution in [0, 0.1) is 0 Å². The molecule has 246 valence electrons. The minimum absolute atomic E-state index is 1.02. The van der Waals surface area contributed by atoms with E-state index in [2.05, 4.69) is 174 Å². The van der Waals surface area contributed by atoms with Crippen LogP contribution in [0.25, 0.3) is 112 Å². The lowest BCUT2D eigenvalue weighted by molar-refractivity contribution is 1.25. The van der Waals surface area contributed by atoms with Gasteiger partial charge in [-0.1, -0.05) is 121 Å². The van der Waals surface area contributed by atoms with Gasteiger partial charge in [0.05, 0.1) is 21.4 Å². The Morgan fingerprint density at radius 2 is 0.962 bits per heavy atom. The van der Waals surface area contributed by atoms with Gasteiger partial charge in [0.15, 0.2) is 5.65 Å². The number of thiophene rings is 2. The van der Waals surface area contributed by atoms with Gasteiger partial charge in [-0.25, -0.2) is 4.98 Å². The number of hydrogen-bond acceptors (Lipinski definition) is 3. The Labute approximate surface area is 312 Å². The van der Waals surface area contributed by atoms with Crippen molar-refractivity contribution in [3.63, 3.8) is 0 Å². The van der Waals surface area contributed by atoms with E-state index < -0.39 is 0 Å². The molecule has 0 saturated heterocycles. The molecule has 0 unspecified atom stereocenters. The first-order valence-electron chi connectivity index (χ1n) is 17.9. The summed E-state index contributed by atoms with van der Waals surface area (Å²) in [6.07, 6.45) is 0. The fourth-order valence-corrected chi connectivity index (χ4v) is 10.6. The van der Waals surface area contributed by atoms with E-state index in [9.17, 15) is 0 Å². The molecule has 8 aromatic carbocycles. The second-order valence-corrected chi connectivity index (χ2v) is 16.1. The van der Waals surface area contributed by atoms with Gasteiger partial charge in [0, 0.05) is 41.0 Å². The number of hydrogen-bond donors (Lipinski definition) is 0. The summed E-state index contributed by atoms with van der Waals surface area (Å²) in [6.45, 7) is 0. The monoisotopic (exact) mass is 708 g/mol. The van der Waals surface area contributed by atoms with Crippen molar-refractivity contribution < 1.29 is 0 Å². The molecule has 0 spiro atoms. The molecule has 4 heterocycles. The van der Waals surface area contributed by atoms with Gasteiger partial charge >= 0.3 is 0 Å². The van der Waals surface area contributed by atoms with Crippen LogP contribution in [0.4, 0.5) is 0 Å². The molecule has 0 radical (unpaired) electrons. The molecule has 0 amide bonds. The van der Waals surface area contributed by atoms with Gasteiger partial charge in [-0.2, -0.15) is 0 Å². The third-order valence-electron chi connectivity index (χ3n) is 11.0. The van der Waals surface area contributed by atoms with Crippen molar-refractivity contribution in [3.8, 4) is 33.5 Å². The highest BCUT2D eigenvalue weighted by Gasteiger charge is 2.19. The van der Waals surface area contributed by atoms with Crippen molar-refractivity contribution >= 4 is 101 Å². The normalized spacial score (nSPS) is 12.2. The Balaban J connectivity index is 0.988. The summed E-state index contributed by atoms with van der Waals surface area (Å²) in [4.78, 5) is 5.46. The average Bonchev–Trinajstić information content (AvgIpc) is 3.91. The first-order chi connectivity index (χ1) is 26.2. The molecule has 0 aliphatic carbocycles. The highest BCUT2D eigenvalue weighted by atomic mass is 32.1. The molecule has 4 aromatic heterocycles. The lowest BCUT2D eigenvalue weighted by Crippen LogP contribution is -1.93. The van der Waals surface area contributed by atoms with Crippen LogP contribution in [0.3, 0.4) is 0 Å². The predicted octanol–water partition coefficient (Wildman–Crippen LogP) is 14.5. The van der Waals surface area contributed by atoms with Crippen LogP contribution >= 0.6 is 22.7 Å². The Kier molecular flexibility index (Phi) is 6.12. The van der Waals surface area contributed by atoms with E-state index in [4.69, 9.17) is 4.98 Å². The van der Waals surface area contributed by atoms with Gasteiger partial charge in [0.1, 0.15) is 0 Å². The summed E-state index contributed by atoms with van der Waals surface area (Å²) in [5.41, 5.74) is 10.4.